The molecule has 1 atom stereocenters. The lowest BCUT2D eigenvalue weighted by molar-refractivity contribution is -0.133. The molecule has 0 saturated carbocycles. The molecule has 4 rings (SSSR count). The standard InChI is InChI=1S/C20H25N5O2/c1-14(2)20-22-19(23-27-20)16-8-4-3-6-11-25(16)18(26)12-15-13-24-10-7-5-9-17(24)21-15/h5,7,9-10,13-14,16H,3-4,6,8,11-12H2,1-2H3/t16-/m1/s1. The first-order valence-electron chi connectivity index (χ1n) is 9.67. The number of rotatable bonds is 4. The molecule has 0 spiro atoms. The third-order valence-corrected chi connectivity index (χ3v) is 5.07. The SMILES string of the molecule is CC(C)c1nc([C@H]2CCCCCN2C(=O)Cc2cn3ccccc3n2)no1. The van der Waals surface area contributed by atoms with E-state index in [4.69, 9.17) is 4.52 Å². The van der Waals surface area contributed by atoms with Crippen molar-refractivity contribution in [2.75, 3.05) is 6.54 Å². The molecule has 0 aliphatic carbocycles. The number of carbonyl (C=O) groups excluding carboxylic acids is 1. The van der Waals surface area contributed by atoms with Crippen molar-refractivity contribution in [3.63, 3.8) is 0 Å². The van der Waals surface area contributed by atoms with Crippen LogP contribution in [0.4, 0.5) is 0 Å². The minimum Gasteiger partial charge on any atom is -0.339 e. The Bertz CT molecular complexity index is 896. The van der Waals surface area contributed by atoms with Crippen LogP contribution in [-0.4, -0.2) is 36.9 Å². The van der Waals surface area contributed by atoms with Gasteiger partial charge in [0.25, 0.3) is 0 Å². The Labute approximate surface area is 158 Å². The largest absolute Gasteiger partial charge is 0.339 e. The molecule has 3 aromatic heterocycles. The average molecular weight is 367 g/mol. The van der Waals surface area contributed by atoms with Crippen LogP contribution in [0.25, 0.3) is 5.65 Å². The average Bonchev–Trinajstić information content (AvgIpc) is 3.22. The first-order chi connectivity index (χ1) is 13.1. The molecule has 1 aliphatic heterocycles. The highest BCUT2D eigenvalue weighted by Crippen LogP contribution is 2.30. The molecule has 27 heavy (non-hydrogen) atoms. The monoisotopic (exact) mass is 367 g/mol. The molecule has 1 amide bonds. The number of imidazole rings is 1. The summed E-state index contributed by atoms with van der Waals surface area (Å²) in [5.74, 6) is 1.51. The predicted octanol–water partition coefficient (Wildman–Crippen LogP) is 3.53. The van der Waals surface area contributed by atoms with Gasteiger partial charge in [0.2, 0.25) is 11.8 Å². The third-order valence-electron chi connectivity index (χ3n) is 5.07. The molecule has 1 aliphatic rings. The molecule has 1 fully saturated rings. The lowest BCUT2D eigenvalue weighted by atomic mass is 10.1. The summed E-state index contributed by atoms with van der Waals surface area (Å²) in [5, 5.41) is 4.18. The van der Waals surface area contributed by atoms with Gasteiger partial charge in [0, 0.05) is 24.9 Å². The van der Waals surface area contributed by atoms with E-state index in [1.54, 1.807) is 0 Å². The molecule has 1 saturated heterocycles. The van der Waals surface area contributed by atoms with E-state index < -0.39 is 0 Å². The summed E-state index contributed by atoms with van der Waals surface area (Å²) in [5.41, 5.74) is 1.64. The summed E-state index contributed by atoms with van der Waals surface area (Å²) in [6, 6.07) is 5.72. The van der Waals surface area contributed by atoms with E-state index in [2.05, 4.69) is 15.1 Å². The molecule has 7 heteroatoms. The second-order valence-corrected chi connectivity index (χ2v) is 7.47. The highest BCUT2D eigenvalue weighted by molar-refractivity contribution is 5.79. The van der Waals surface area contributed by atoms with Crippen LogP contribution in [0, 0.1) is 0 Å². The molecular formula is C20H25N5O2. The van der Waals surface area contributed by atoms with Crippen molar-refractivity contribution in [2.45, 2.75) is 57.9 Å². The van der Waals surface area contributed by atoms with Crippen molar-refractivity contribution in [1.82, 2.24) is 24.4 Å². The molecular weight excluding hydrogens is 342 g/mol. The number of aromatic nitrogens is 4. The minimum atomic E-state index is -0.117. The molecule has 7 nitrogen and oxygen atoms in total. The molecule has 0 radical (unpaired) electrons. The van der Waals surface area contributed by atoms with E-state index in [1.807, 2.05) is 53.7 Å². The molecule has 0 aromatic carbocycles. The Balaban J connectivity index is 1.56. The summed E-state index contributed by atoms with van der Waals surface area (Å²) in [4.78, 5) is 24.2. The van der Waals surface area contributed by atoms with Gasteiger partial charge < -0.3 is 13.8 Å². The zero-order valence-corrected chi connectivity index (χ0v) is 15.8. The Morgan fingerprint density at radius 1 is 1.26 bits per heavy atom. The predicted molar refractivity (Wildman–Crippen MR) is 100 cm³/mol. The second-order valence-electron chi connectivity index (χ2n) is 7.47. The van der Waals surface area contributed by atoms with Crippen molar-refractivity contribution in [2.24, 2.45) is 0 Å². The number of hydrogen-bond donors (Lipinski definition) is 0. The quantitative estimate of drug-likeness (QED) is 0.705. The number of likely N-dealkylation sites (tertiary alicyclic amines) is 1. The Kier molecular flexibility index (Phi) is 4.92. The van der Waals surface area contributed by atoms with Crippen molar-refractivity contribution >= 4 is 11.6 Å². The zero-order valence-electron chi connectivity index (χ0n) is 15.8. The fourth-order valence-corrected chi connectivity index (χ4v) is 3.62. The maximum absolute atomic E-state index is 13.1. The van der Waals surface area contributed by atoms with Crippen LogP contribution in [0.3, 0.4) is 0 Å². The maximum Gasteiger partial charge on any atom is 0.229 e. The van der Waals surface area contributed by atoms with Gasteiger partial charge in [0.1, 0.15) is 5.65 Å². The lowest BCUT2D eigenvalue weighted by Crippen LogP contribution is -2.36. The van der Waals surface area contributed by atoms with Crippen molar-refractivity contribution < 1.29 is 9.32 Å². The van der Waals surface area contributed by atoms with Gasteiger partial charge in [-0.05, 0) is 25.0 Å². The fourth-order valence-electron chi connectivity index (χ4n) is 3.62. The van der Waals surface area contributed by atoms with Gasteiger partial charge >= 0.3 is 0 Å². The highest BCUT2D eigenvalue weighted by atomic mass is 16.5. The van der Waals surface area contributed by atoms with Gasteiger partial charge in [0.05, 0.1) is 18.2 Å². The lowest BCUT2D eigenvalue weighted by Gasteiger charge is -2.27. The summed E-state index contributed by atoms with van der Waals surface area (Å²) in [6.45, 7) is 4.77. The van der Waals surface area contributed by atoms with Crippen LogP contribution in [-0.2, 0) is 11.2 Å². The van der Waals surface area contributed by atoms with Crippen molar-refractivity contribution in [1.29, 1.82) is 0 Å². The highest BCUT2D eigenvalue weighted by Gasteiger charge is 2.31. The number of fused-ring (bicyclic) bond motifs is 1. The van der Waals surface area contributed by atoms with Gasteiger partial charge in [-0.3, -0.25) is 4.79 Å². The Morgan fingerprint density at radius 2 is 2.15 bits per heavy atom. The molecule has 0 N–H and O–H groups in total. The van der Waals surface area contributed by atoms with E-state index in [-0.39, 0.29) is 24.3 Å². The van der Waals surface area contributed by atoms with Crippen LogP contribution in [0.15, 0.2) is 35.1 Å². The maximum atomic E-state index is 13.1. The van der Waals surface area contributed by atoms with E-state index in [0.29, 0.717) is 11.7 Å². The first-order valence-corrected chi connectivity index (χ1v) is 9.67. The molecule has 0 bridgehead atoms. The number of hydrogen-bond acceptors (Lipinski definition) is 5. The first kappa shape index (κ1) is 17.7. The van der Waals surface area contributed by atoms with Crippen LogP contribution in [0.2, 0.25) is 0 Å². The van der Waals surface area contributed by atoms with Crippen LogP contribution < -0.4 is 0 Å². The number of carbonyl (C=O) groups is 1. The Hall–Kier alpha value is -2.70. The number of nitrogens with zero attached hydrogens (tertiary/aromatic N) is 5. The van der Waals surface area contributed by atoms with E-state index in [1.165, 1.54) is 0 Å². The summed E-state index contributed by atoms with van der Waals surface area (Å²) in [6.07, 6.45) is 8.20. The molecule has 142 valence electrons. The molecule has 0 unspecified atom stereocenters. The fraction of sp³-hybridized carbons (Fsp3) is 0.500. The van der Waals surface area contributed by atoms with Gasteiger partial charge in [0.15, 0.2) is 5.82 Å². The number of pyridine rings is 1. The van der Waals surface area contributed by atoms with Crippen molar-refractivity contribution in [3.05, 3.63) is 48.0 Å². The van der Waals surface area contributed by atoms with E-state index >= 15 is 0 Å². The summed E-state index contributed by atoms with van der Waals surface area (Å²) >= 11 is 0. The zero-order chi connectivity index (χ0) is 18.8. The van der Waals surface area contributed by atoms with Crippen LogP contribution in [0.5, 0.6) is 0 Å². The van der Waals surface area contributed by atoms with Crippen molar-refractivity contribution in [3.8, 4) is 0 Å². The smallest absolute Gasteiger partial charge is 0.229 e. The van der Waals surface area contributed by atoms with Gasteiger partial charge in [-0.1, -0.05) is 37.9 Å². The minimum absolute atomic E-state index is 0.0706. The summed E-state index contributed by atoms with van der Waals surface area (Å²) in [7, 11) is 0. The normalized spacial score (nSPS) is 18.2. The Morgan fingerprint density at radius 3 is 2.93 bits per heavy atom. The van der Waals surface area contributed by atoms with Gasteiger partial charge in [-0.25, -0.2) is 4.98 Å². The van der Waals surface area contributed by atoms with Gasteiger partial charge in [-0.2, -0.15) is 4.98 Å². The second kappa shape index (κ2) is 7.50. The topological polar surface area (TPSA) is 76.5 Å². The van der Waals surface area contributed by atoms with Gasteiger partial charge in [-0.15, -0.1) is 0 Å². The summed E-state index contributed by atoms with van der Waals surface area (Å²) < 4.78 is 7.33. The third kappa shape index (κ3) is 3.72. The number of amides is 1. The molecule has 4 heterocycles. The van der Waals surface area contributed by atoms with E-state index in [0.717, 1.165) is 43.6 Å². The van der Waals surface area contributed by atoms with Crippen LogP contribution in [0.1, 0.15) is 68.9 Å². The van der Waals surface area contributed by atoms with E-state index in [9.17, 15) is 4.79 Å². The van der Waals surface area contributed by atoms with Crippen LogP contribution >= 0.6 is 0 Å². The molecule has 3 aromatic rings.